The number of aryl methyl sites for hydroxylation is 2. The molecule has 3 aromatic rings. The van der Waals surface area contributed by atoms with Gasteiger partial charge in [-0.3, -0.25) is 4.79 Å². The highest BCUT2D eigenvalue weighted by Crippen LogP contribution is 2.31. The van der Waals surface area contributed by atoms with Gasteiger partial charge in [-0.05, 0) is 30.9 Å². The van der Waals surface area contributed by atoms with Crippen LogP contribution in [0.3, 0.4) is 0 Å². The SMILES string of the molecule is CCc1cc2c(N3CCN(C(=O)CCCc4ccccc4)CC3)ncnc2s1. The molecule has 3 heterocycles. The number of nitrogens with zero attached hydrogens (tertiary/aromatic N) is 4. The van der Waals surface area contributed by atoms with Crippen LogP contribution in [0.1, 0.15) is 30.2 Å². The molecule has 0 aliphatic carbocycles. The van der Waals surface area contributed by atoms with E-state index in [1.54, 1.807) is 17.7 Å². The number of anilines is 1. The summed E-state index contributed by atoms with van der Waals surface area (Å²) in [4.78, 5) is 28.2. The van der Waals surface area contributed by atoms with Crippen molar-refractivity contribution in [3.8, 4) is 0 Å². The van der Waals surface area contributed by atoms with Gasteiger partial charge >= 0.3 is 0 Å². The van der Waals surface area contributed by atoms with Crippen LogP contribution in [-0.4, -0.2) is 47.0 Å². The average molecular weight is 395 g/mol. The average Bonchev–Trinajstić information content (AvgIpc) is 3.18. The van der Waals surface area contributed by atoms with Gasteiger partial charge in [-0.15, -0.1) is 11.3 Å². The van der Waals surface area contributed by atoms with Crippen molar-refractivity contribution in [3.05, 3.63) is 53.2 Å². The lowest BCUT2D eigenvalue weighted by Crippen LogP contribution is -2.49. The van der Waals surface area contributed by atoms with E-state index in [0.29, 0.717) is 6.42 Å². The molecule has 2 aromatic heterocycles. The molecule has 1 fully saturated rings. The number of rotatable bonds is 6. The molecule has 1 aliphatic rings. The molecule has 4 rings (SSSR count). The van der Waals surface area contributed by atoms with Crippen LogP contribution in [0.4, 0.5) is 5.82 Å². The second-order valence-electron chi connectivity index (χ2n) is 7.19. The maximum Gasteiger partial charge on any atom is 0.222 e. The molecule has 0 unspecified atom stereocenters. The van der Waals surface area contributed by atoms with Crippen molar-refractivity contribution in [3.63, 3.8) is 0 Å². The Morgan fingerprint density at radius 1 is 1.11 bits per heavy atom. The number of benzene rings is 1. The fourth-order valence-corrected chi connectivity index (χ4v) is 4.66. The molecule has 1 aliphatic heterocycles. The molecule has 6 heteroatoms. The van der Waals surface area contributed by atoms with Crippen LogP contribution in [0.5, 0.6) is 0 Å². The topological polar surface area (TPSA) is 49.3 Å². The van der Waals surface area contributed by atoms with Crippen LogP contribution in [0.2, 0.25) is 0 Å². The van der Waals surface area contributed by atoms with Gasteiger partial charge in [-0.1, -0.05) is 37.3 Å². The molecule has 1 aromatic carbocycles. The third-order valence-corrected chi connectivity index (χ3v) is 6.53. The molecular formula is C22H26N4OS. The quantitative estimate of drug-likeness (QED) is 0.636. The molecule has 28 heavy (non-hydrogen) atoms. The van der Waals surface area contributed by atoms with E-state index in [0.717, 1.165) is 61.5 Å². The van der Waals surface area contributed by atoms with E-state index < -0.39 is 0 Å². The molecule has 0 N–H and O–H groups in total. The Bertz CT molecular complexity index is 932. The number of hydrogen-bond acceptors (Lipinski definition) is 5. The first kappa shape index (κ1) is 18.9. The van der Waals surface area contributed by atoms with Crippen LogP contribution < -0.4 is 4.90 Å². The maximum absolute atomic E-state index is 12.6. The smallest absolute Gasteiger partial charge is 0.222 e. The normalized spacial score (nSPS) is 14.6. The standard InChI is InChI=1S/C22H26N4OS/c1-2-18-15-19-21(23-16-24-22(19)28-18)26-13-11-25(12-14-26)20(27)10-6-9-17-7-4-3-5-8-17/h3-5,7-8,15-16H,2,6,9-14H2,1H3. The number of hydrogen-bond donors (Lipinski definition) is 0. The fraction of sp³-hybridized carbons (Fsp3) is 0.409. The summed E-state index contributed by atoms with van der Waals surface area (Å²) in [5, 5.41) is 1.15. The summed E-state index contributed by atoms with van der Waals surface area (Å²) in [7, 11) is 0. The van der Waals surface area contributed by atoms with Crippen molar-refractivity contribution in [1.29, 1.82) is 0 Å². The largest absolute Gasteiger partial charge is 0.352 e. The summed E-state index contributed by atoms with van der Waals surface area (Å²) in [6.45, 7) is 5.35. The van der Waals surface area contributed by atoms with Gasteiger partial charge in [0.15, 0.2) is 0 Å². The van der Waals surface area contributed by atoms with E-state index in [9.17, 15) is 4.79 Å². The third-order valence-electron chi connectivity index (χ3n) is 5.34. The van der Waals surface area contributed by atoms with Gasteiger partial charge in [0.2, 0.25) is 5.91 Å². The fourth-order valence-electron chi connectivity index (χ4n) is 3.73. The van der Waals surface area contributed by atoms with E-state index in [1.165, 1.54) is 10.4 Å². The summed E-state index contributed by atoms with van der Waals surface area (Å²) in [6, 6.07) is 12.6. The van der Waals surface area contributed by atoms with Crippen molar-refractivity contribution in [2.45, 2.75) is 32.6 Å². The zero-order valence-corrected chi connectivity index (χ0v) is 17.1. The lowest BCUT2D eigenvalue weighted by molar-refractivity contribution is -0.131. The maximum atomic E-state index is 12.6. The first-order valence-corrected chi connectivity index (χ1v) is 10.9. The van der Waals surface area contributed by atoms with Crippen LogP contribution in [-0.2, 0) is 17.6 Å². The number of amides is 1. The highest BCUT2D eigenvalue weighted by Gasteiger charge is 2.23. The monoisotopic (exact) mass is 394 g/mol. The number of carbonyl (C=O) groups excluding carboxylic acids is 1. The Balaban J connectivity index is 1.32. The second-order valence-corrected chi connectivity index (χ2v) is 8.30. The summed E-state index contributed by atoms with van der Waals surface area (Å²) in [5.74, 6) is 1.28. The van der Waals surface area contributed by atoms with Gasteiger partial charge in [0, 0.05) is 37.5 Å². The van der Waals surface area contributed by atoms with Crippen LogP contribution in [0.25, 0.3) is 10.2 Å². The second kappa shape index (κ2) is 8.69. The van der Waals surface area contributed by atoms with Gasteiger partial charge < -0.3 is 9.80 Å². The zero-order chi connectivity index (χ0) is 19.3. The van der Waals surface area contributed by atoms with Crippen LogP contribution in [0.15, 0.2) is 42.7 Å². The molecule has 1 amide bonds. The van der Waals surface area contributed by atoms with Crippen molar-refractivity contribution < 1.29 is 4.79 Å². The number of fused-ring (bicyclic) bond motifs is 1. The van der Waals surface area contributed by atoms with Gasteiger partial charge in [-0.25, -0.2) is 9.97 Å². The van der Waals surface area contributed by atoms with Gasteiger partial charge in [0.1, 0.15) is 17.0 Å². The highest BCUT2D eigenvalue weighted by molar-refractivity contribution is 7.18. The van der Waals surface area contributed by atoms with E-state index >= 15 is 0 Å². The Kier molecular flexibility index (Phi) is 5.86. The van der Waals surface area contributed by atoms with Crippen molar-refractivity contribution in [1.82, 2.24) is 14.9 Å². The van der Waals surface area contributed by atoms with Gasteiger partial charge in [0.25, 0.3) is 0 Å². The minimum Gasteiger partial charge on any atom is -0.352 e. The first-order chi connectivity index (χ1) is 13.7. The molecule has 0 atom stereocenters. The van der Waals surface area contributed by atoms with E-state index in [2.05, 4.69) is 52.1 Å². The predicted molar refractivity (Wildman–Crippen MR) is 115 cm³/mol. The molecule has 1 saturated heterocycles. The third kappa shape index (κ3) is 4.17. The summed E-state index contributed by atoms with van der Waals surface area (Å²) < 4.78 is 0. The molecule has 0 radical (unpaired) electrons. The summed E-state index contributed by atoms with van der Waals surface area (Å²) in [5.41, 5.74) is 1.30. The Morgan fingerprint density at radius 3 is 2.64 bits per heavy atom. The van der Waals surface area contributed by atoms with Crippen molar-refractivity contribution in [2.75, 3.05) is 31.1 Å². The minimum absolute atomic E-state index is 0.271. The Labute approximate surface area is 170 Å². The molecule has 0 bridgehead atoms. The number of carbonyl (C=O) groups is 1. The van der Waals surface area contributed by atoms with Crippen molar-refractivity contribution >= 4 is 33.3 Å². The summed E-state index contributed by atoms with van der Waals surface area (Å²) in [6.07, 6.45) is 5.17. The lowest BCUT2D eigenvalue weighted by atomic mass is 10.1. The highest BCUT2D eigenvalue weighted by atomic mass is 32.1. The zero-order valence-electron chi connectivity index (χ0n) is 16.3. The van der Waals surface area contributed by atoms with E-state index in [4.69, 9.17) is 0 Å². The number of thiophene rings is 1. The van der Waals surface area contributed by atoms with Crippen LogP contribution >= 0.6 is 11.3 Å². The number of aromatic nitrogens is 2. The van der Waals surface area contributed by atoms with Crippen LogP contribution in [0, 0.1) is 0 Å². The molecule has 146 valence electrons. The number of piperazine rings is 1. The minimum atomic E-state index is 0.271. The van der Waals surface area contributed by atoms with E-state index in [1.807, 2.05) is 11.0 Å². The van der Waals surface area contributed by atoms with Gasteiger partial charge in [-0.2, -0.15) is 0 Å². The Hall–Kier alpha value is -2.47. The van der Waals surface area contributed by atoms with E-state index in [-0.39, 0.29) is 5.91 Å². The predicted octanol–water partition coefficient (Wildman–Crippen LogP) is 3.93. The van der Waals surface area contributed by atoms with Crippen molar-refractivity contribution in [2.24, 2.45) is 0 Å². The van der Waals surface area contributed by atoms with Gasteiger partial charge in [0.05, 0.1) is 5.39 Å². The summed E-state index contributed by atoms with van der Waals surface area (Å²) >= 11 is 1.75. The first-order valence-electron chi connectivity index (χ1n) is 10.0. The lowest BCUT2D eigenvalue weighted by Gasteiger charge is -2.35. The Morgan fingerprint density at radius 2 is 1.89 bits per heavy atom. The molecule has 0 spiro atoms. The molecule has 0 saturated carbocycles. The molecular weight excluding hydrogens is 368 g/mol. The molecule has 5 nitrogen and oxygen atoms in total.